The van der Waals surface area contributed by atoms with Crippen molar-refractivity contribution in [3.63, 3.8) is 0 Å². The van der Waals surface area contributed by atoms with Crippen molar-refractivity contribution < 1.29 is 0 Å². The Kier molecular flexibility index (Phi) is 5.97. The molecular weight excluding hydrogens is 332 g/mol. The Bertz CT molecular complexity index is 872. The van der Waals surface area contributed by atoms with Gasteiger partial charge in [-0.25, -0.2) is 0 Å². The summed E-state index contributed by atoms with van der Waals surface area (Å²) in [5, 5.41) is 7.32. The van der Waals surface area contributed by atoms with Crippen molar-refractivity contribution >= 4 is 23.8 Å². The Morgan fingerprint density at radius 3 is 1.85 bits per heavy atom. The van der Waals surface area contributed by atoms with E-state index in [2.05, 4.69) is 60.0 Å². The van der Waals surface area contributed by atoms with Gasteiger partial charge < -0.3 is 0 Å². The van der Waals surface area contributed by atoms with Crippen LogP contribution >= 0.6 is 0 Å². The SMILES string of the molecule is CC(C)c1ccccc1N=Cc1cc(C=Nc2ccccc2C(C)C)[nH]n1. The third-order valence-corrected chi connectivity index (χ3v) is 4.41. The minimum absolute atomic E-state index is 0.432. The van der Waals surface area contributed by atoms with Gasteiger partial charge in [-0.2, -0.15) is 5.10 Å². The maximum Gasteiger partial charge on any atom is 0.104 e. The Labute approximate surface area is 161 Å². The number of aliphatic imine (C=N–C) groups is 2. The molecule has 2 aromatic carbocycles. The Hall–Kier alpha value is -3.01. The molecule has 0 radical (unpaired) electrons. The summed E-state index contributed by atoms with van der Waals surface area (Å²) in [5.74, 6) is 0.866. The van der Waals surface area contributed by atoms with E-state index in [1.54, 1.807) is 6.21 Å². The zero-order valence-electron chi connectivity index (χ0n) is 16.3. The standard InChI is InChI=1S/C23H26N4/c1-16(2)20-9-5-7-11-22(20)24-14-18-13-19(27-26-18)15-25-23-12-8-6-10-21(23)17(3)4/h5-17H,1-4H3,(H,26,27). The smallest absolute Gasteiger partial charge is 0.104 e. The van der Waals surface area contributed by atoms with Gasteiger partial charge in [0.1, 0.15) is 5.69 Å². The van der Waals surface area contributed by atoms with Crippen LogP contribution in [0.2, 0.25) is 0 Å². The molecule has 27 heavy (non-hydrogen) atoms. The maximum absolute atomic E-state index is 4.63. The number of aromatic amines is 1. The summed E-state index contributed by atoms with van der Waals surface area (Å²) >= 11 is 0. The Morgan fingerprint density at radius 2 is 1.30 bits per heavy atom. The van der Waals surface area contributed by atoms with E-state index in [1.807, 2.05) is 48.7 Å². The predicted octanol–water partition coefficient (Wildman–Crippen LogP) is 6.16. The fourth-order valence-electron chi connectivity index (χ4n) is 2.95. The third kappa shape index (κ3) is 4.79. The van der Waals surface area contributed by atoms with Gasteiger partial charge in [0.25, 0.3) is 0 Å². The van der Waals surface area contributed by atoms with Crippen LogP contribution < -0.4 is 0 Å². The lowest BCUT2D eigenvalue weighted by Gasteiger charge is -2.08. The van der Waals surface area contributed by atoms with Crippen LogP contribution in [-0.4, -0.2) is 22.6 Å². The summed E-state index contributed by atoms with van der Waals surface area (Å²) in [6.45, 7) is 8.70. The summed E-state index contributed by atoms with van der Waals surface area (Å²) in [4.78, 5) is 9.24. The number of hydrogen-bond acceptors (Lipinski definition) is 3. The molecule has 0 aliphatic rings. The minimum Gasteiger partial charge on any atom is -0.276 e. The van der Waals surface area contributed by atoms with Crippen molar-refractivity contribution in [2.45, 2.75) is 39.5 Å². The molecule has 0 atom stereocenters. The quantitative estimate of drug-likeness (QED) is 0.527. The van der Waals surface area contributed by atoms with Gasteiger partial charge in [-0.1, -0.05) is 64.1 Å². The van der Waals surface area contributed by atoms with Gasteiger partial charge in [0, 0.05) is 0 Å². The third-order valence-electron chi connectivity index (χ3n) is 4.41. The van der Waals surface area contributed by atoms with Gasteiger partial charge in [0.05, 0.1) is 29.5 Å². The first-order chi connectivity index (χ1) is 13.0. The fourth-order valence-corrected chi connectivity index (χ4v) is 2.95. The number of rotatable bonds is 6. The molecule has 1 aromatic heterocycles. The maximum atomic E-state index is 4.63. The van der Waals surface area contributed by atoms with Gasteiger partial charge in [-0.3, -0.25) is 15.1 Å². The van der Waals surface area contributed by atoms with Gasteiger partial charge in [0.15, 0.2) is 0 Å². The van der Waals surface area contributed by atoms with E-state index < -0.39 is 0 Å². The lowest BCUT2D eigenvalue weighted by atomic mass is 10.0. The number of benzene rings is 2. The van der Waals surface area contributed by atoms with E-state index in [1.165, 1.54) is 11.1 Å². The van der Waals surface area contributed by atoms with Crippen molar-refractivity contribution in [2.24, 2.45) is 9.98 Å². The van der Waals surface area contributed by atoms with E-state index in [0.29, 0.717) is 11.8 Å². The van der Waals surface area contributed by atoms with E-state index in [0.717, 1.165) is 22.8 Å². The molecule has 0 aliphatic heterocycles. The fraction of sp³-hybridized carbons (Fsp3) is 0.261. The van der Waals surface area contributed by atoms with Gasteiger partial charge in [0.2, 0.25) is 0 Å². The first kappa shape index (κ1) is 18.8. The highest BCUT2D eigenvalue weighted by Gasteiger charge is 2.05. The average Bonchev–Trinajstić information content (AvgIpc) is 3.13. The highest BCUT2D eigenvalue weighted by molar-refractivity contribution is 5.85. The zero-order chi connectivity index (χ0) is 19.2. The van der Waals surface area contributed by atoms with E-state index >= 15 is 0 Å². The highest BCUT2D eigenvalue weighted by atomic mass is 15.1. The monoisotopic (exact) mass is 358 g/mol. The molecule has 0 unspecified atom stereocenters. The van der Waals surface area contributed by atoms with Crippen LogP contribution in [0.4, 0.5) is 11.4 Å². The van der Waals surface area contributed by atoms with Crippen LogP contribution in [0.3, 0.4) is 0 Å². The van der Waals surface area contributed by atoms with E-state index in [4.69, 9.17) is 0 Å². The number of aromatic nitrogens is 2. The molecule has 0 spiro atoms. The lowest BCUT2D eigenvalue weighted by Crippen LogP contribution is -1.88. The van der Waals surface area contributed by atoms with Crippen LogP contribution in [0.25, 0.3) is 0 Å². The average molecular weight is 358 g/mol. The first-order valence-electron chi connectivity index (χ1n) is 9.36. The van der Waals surface area contributed by atoms with Crippen molar-refractivity contribution in [2.75, 3.05) is 0 Å². The second-order valence-corrected chi connectivity index (χ2v) is 7.19. The van der Waals surface area contributed by atoms with E-state index in [9.17, 15) is 0 Å². The van der Waals surface area contributed by atoms with Crippen molar-refractivity contribution in [1.82, 2.24) is 10.2 Å². The number of hydrogen-bond donors (Lipinski definition) is 1. The van der Waals surface area contributed by atoms with Gasteiger partial charge in [-0.05, 0) is 41.2 Å². The molecule has 0 saturated carbocycles. The number of para-hydroxylation sites is 2. The van der Waals surface area contributed by atoms with Crippen molar-refractivity contribution in [3.05, 3.63) is 77.1 Å². The van der Waals surface area contributed by atoms with Crippen LogP contribution in [0.1, 0.15) is 62.0 Å². The molecule has 0 aliphatic carbocycles. The largest absolute Gasteiger partial charge is 0.276 e. The molecule has 138 valence electrons. The summed E-state index contributed by atoms with van der Waals surface area (Å²) in [7, 11) is 0. The molecule has 4 heteroatoms. The molecule has 0 saturated heterocycles. The molecule has 1 N–H and O–H groups in total. The number of nitrogens with zero attached hydrogens (tertiary/aromatic N) is 3. The zero-order valence-corrected chi connectivity index (χ0v) is 16.3. The normalized spacial score (nSPS) is 12.1. The van der Waals surface area contributed by atoms with Gasteiger partial charge in [-0.15, -0.1) is 0 Å². The lowest BCUT2D eigenvalue weighted by molar-refractivity contribution is 0.867. The number of nitrogens with one attached hydrogen (secondary N) is 1. The van der Waals surface area contributed by atoms with Crippen molar-refractivity contribution in [3.8, 4) is 0 Å². The molecule has 1 heterocycles. The molecule has 3 rings (SSSR count). The Balaban J connectivity index is 1.76. The Morgan fingerprint density at radius 1 is 0.778 bits per heavy atom. The van der Waals surface area contributed by atoms with Crippen LogP contribution in [-0.2, 0) is 0 Å². The van der Waals surface area contributed by atoms with Crippen molar-refractivity contribution in [1.29, 1.82) is 0 Å². The van der Waals surface area contributed by atoms with Gasteiger partial charge >= 0.3 is 0 Å². The second kappa shape index (κ2) is 8.58. The summed E-state index contributed by atoms with van der Waals surface area (Å²) in [6.07, 6.45) is 3.60. The van der Waals surface area contributed by atoms with Crippen LogP contribution in [0.15, 0.2) is 64.6 Å². The van der Waals surface area contributed by atoms with Crippen LogP contribution in [0.5, 0.6) is 0 Å². The second-order valence-electron chi connectivity index (χ2n) is 7.19. The molecule has 4 nitrogen and oxygen atoms in total. The first-order valence-corrected chi connectivity index (χ1v) is 9.36. The van der Waals surface area contributed by atoms with E-state index in [-0.39, 0.29) is 0 Å². The molecular formula is C23H26N4. The molecule has 0 fully saturated rings. The number of H-pyrrole nitrogens is 1. The minimum atomic E-state index is 0.432. The topological polar surface area (TPSA) is 53.4 Å². The summed E-state index contributed by atoms with van der Waals surface area (Å²) < 4.78 is 0. The van der Waals surface area contributed by atoms with Crippen LogP contribution in [0, 0.1) is 0 Å². The summed E-state index contributed by atoms with van der Waals surface area (Å²) in [5.41, 5.74) is 6.08. The predicted molar refractivity (Wildman–Crippen MR) is 114 cm³/mol. The summed E-state index contributed by atoms with van der Waals surface area (Å²) in [6, 6.07) is 18.4. The molecule has 0 amide bonds. The molecule has 0 bridgehead atoms. The highest BCUT2D eigenvalue weighted by Crippen LogP contribution is 2.27. The molecule has 3 aromatic rings.